The van der Waals surface area contributed by atoms with Gasteiger partial charge in [0.25, 0.3) is 5.91 Å². The summed E-state index contributed by atoms with van der Waals surface area (Å²) in [6.07, 6.45) is 3.58. The third-order valence-electron chi connectivity index (χ3n) is 5.24. The van der Waals surface area contributed by atoms with Crippen LogP contribution in [0.4, 0.5) is 0 Å². The average molecular weight is 445 g/mol. The standard InChI is InChI=1S/C23H28N2O5S/c1-2-3-6-13-24-22(26)17-30-23(27)19-10-7-11-21(15-19)31(28,29)25-14-12-18-8-4-5-9-20(18)16-25/h4-5,7-11,15H,2-3,6,12-14,16-17H2,1H3,(H,24,26). The molecule has 0 spiro atoms. The summed E-state index contributed by atoms with van der Waals surface area (Å²) >= 11 is 0. The van der Waals surface area contributed by atoms with Gasteiger partial charge in [-0.1, -0.05) is 50.1 Å². The molecule has 1 amide bonds. The molecule has 1 aliphatic heterocycles. The molecule has 31 heavy (non-hydrogen) atoms. The number of rotatable bonds is 9. The summed E-state index contributed by atoms with van der Waals surface area (Å²) in [7, 11) is -3.76. The molecule has 0 aromatic heterocycles. The number of hydrogen-bond donors (Lipinski definition) is 1. The number of unbranched alkanes of at least 4 members (excludes halogenated alkanes) is 2. The Hall–Kier alpha value is -2.71. The van der Waals surface area contributed by atoms with Gasteiger partial charge in [-0.2, -0.15) is 4.31 Å². The summed E-state index contributed by atoms with van der Waals surface area (Å²) in [6, 6.07) is 13.5. The zero-order valence-corrected chi connectivity index (χ0v) is 18.5. The van der Waals surface area contributed by atoms with Gasteiger partial charge < -0.3 is 10.1 Å². The van der Waals surface area contributed by atoms with Gasteiger partial charge in [-0.25, -0.2) is 13.2 Å². The van der Waals surface area contributed by atoms with Crippen molar-refractivity contribution in [2.45, 2.75) is 44.0 Å². The summed E-state index contributed by atoms with van der Waals surface area (Å²) in [5.41, 5.74) is 2.23. The molecule has 0 unspecified atom stereocenters. The van der Waals surface area contributed by atoms with Crippen molar-refractivity contribution in [2.75, 3.05) is 19.7 Å². The second-order valence-electron chi connectivity index (χ2n) is 7.52. The molecule has 2 aromatic rings. The minimum atomic E-state index is -3.76. The first-order valence-electron chi connectivity index (χ1n) is 10.5. The van der Waals surface area contributed by atoms with Crippen molar-refractivity contribution in [3.63, 3.8) is 0 Å². The number of benzene rings is 2. The fraction of sp³-hybridized carbons (Fsp3) is 0.391. The summed E-state index contributed by atoms with van der Waals surface area (Å²) in [5, 5.41) is 2.69. The first-order valence-corrected chi connectivity index (χ1v) is 12.0. The van der Waals surface area contributed by atoms with Crippen LogP contribution in [0.1, 0.15) is 47.7 Å². The topological polar surface area (TPSA) is 92.8 Å². The average Bonchev–Trinajstić information content (AvgIpc) is 2.80. The molecule has 0 saturated heterocycles. The van der Waals surface area contributed by atoms with Gasteiger partial charge in [-0.15, -0.1) is 0 Å². The first kappa shape index (κ1) is 23.0. The molecule has 8 heteroatoms. The summed E-state index contributed by atoms with van der Waals surface area (Å²) in [6.45, 7) is 2.89. The second kappa shape index (κ2) is 10.5. The Morgan fingerprint density at radius 2 is 1.84 bits per heavy atom. The van der Waals surface area contributed by atoms with Crippen LogP contribution >= 0.6 is 0 Å². The molecule has 0 fully saturated rings. The number of amides is 1. The molecule has 2 aromatic carbocycles. The van der Waals surface area contributed by atoms with Crippen LogP contribution in [0, 0.1) is 0 Å². The van der Waals surface area contributed by atoms with Crippen molar-refractivity contribution in [3.8, 4) is 0 Å². The zero-order chi connectivity index (χ0) is 22.3. The Balaban J connectivity index is 1.63. The van der Waals surface area contributed by atoms with Crippen LogP contribution in [0.25, 0.3) is 0 Å². The van der Waals surface area contributed by atoms with Crippen molar-refractivity contribution >= 4 is 21.9 Å². The van der Waals surface area contributed by atoms with E-state index in [1.165, 1.54) is 28.6 Å². The summed E-state index contributed by atoms with van der Waals surface area (Å²) < 4.78 is 32.7. The first-order chi connectivity index (χ1) is 14.9. The largest absolute Gasteiger partial charge is 0.452 e. The Labute approximate surface area is 183 Å². The predicted octanol–water partition coefficient (Wildman–Crippen LogP) is 2.90. The maximum atomic E-state index is 13.1. The van der Waals surface area contributed by atoms with E-state index >= 15 is 0 Å². The number of carbonyl (C=O) groups is 2. The van der Waals surface area contributed by atoms with Gasteiger partial charge in [0, 0.05) is 19.6 Å². The minimum Gasteiger partial charge on any atom is -0.452 e. The molecule has 0 radical (unpaired) electrons. The lowest BCUT2D eigenvalue weighted by molar-refractivity contribution is -0.124. The number of carbonyl (C=O) groups excluding carboxylic acids is 2. The van der Waals surface area contributed by atoms with E-state index in [9.17, 15) is 18.0 Å². The SMILES string of the molecule is CCCCCNC(=O)COC(=O)c1cccc(S(=O)(=O)N2CCc3ccccc3C2)c1. The molecular formula is C23H28N2O5S. The lowest BCUT2D eigenvalue weighted by Crippen LogP contribution is -2.36. The quantitative estimate of drug-likeness (QED) is 0.474. The highest BCUT2D eigenvalue weighted by molar-refractivity contribution is 7.89. The number of nitrogens with one attached hydrogen (secondary N) is 1. The van der Waals surface area contributed by atoms with E-state index < -0.39 is 22.6 Å². The van der Waals surface area contributed by atoms with Crippen molar-refractivity contribution < 1.29 is 22.7 Å². The number of esters is 1. The van der Waals surface area contributed by atoms with E-state index in [2.05, 4.69) is 12.2 Å². The molecular weight excluding hydrogens is 416 g/mol. The molecule has 0 atom stereocenters. The monoisotopic (exact) mass is 444 g/mol. The fourth-order valence-corrected chi connectivity index (χ4v) is 4.94. The number of sulfonamides is 1. The van der Waals surface area contributed by atoms with Crippen molar-refractivity contribution in [2.24, 2.45) is 0 Å². The van der Waals surface area contributed by atoms with E-state index in [4.69, 9.17) is 4.74 Å². The third kappa shape index (κ3) is 5.92. The number of ether oxygens (including phenoxy) is 1. The zero-order valence-electron chi connectivity index (χ0n) is 17.7. The van der Waals surface area contributed by atoms with Gasteiger partial charge in [-0.3, -0.25) is 4.79 Å². The van der Waals surface area contributed by atoms with Crippen LogP contribution in [0.2, 0.25) is 0 Å². The van der Waals surface area contributed by atoms with E-state index in [1.54, 1.807) is 0 Å². The van der Waals surface area contributed by atoms with Crippen molar-refractivity contribution in [1.29, 1.82) is 0 Å². The normalized spacial score (nSPS) is 14.0. The Kier molecular flexibility index (Phi) is 7.81. The Morgan fingerprint density at radius 1 is 1.06 bits per heavy atom. The lowest BCUT2D eigenvalue weighted by Gasteiger charge is -2.28. The fourth-order valence-electron chi connectivity index (χ4n) is 3.48. The lowest BCUT2D eigenvalue weighted by atomic mass is 10.0. The van der Waals surface area contributed by atoms with Crippen LogP contribution in [0.3, 0.4) is 0 Å². The van der Waals surface area contributed by atoms with E-state index in [0.717, 1.165) is 30.4 Å². The second-order valence-corrected chi connectivity index (χ2v) is 9.46. The van der Waals surface area contributed by atoms with Crippen molar-refractivity contribution in [1.82, 2.24) is 9.62 Å². The van der Waals surface area contributed by atoms with E-state index in [-0.39, 0.29) is 16.4 Å². The molecule has 1 aliphatic rings. The van der Waals surface area contributed by atoms with Gasteiger partial charge >= 0.3 is 5.97 Å². The number of hydrogen-bond acceptors (Lipinski definition) is 5. The number of fused-ring (bicyclic) bond motifs is 1. The molecule has 1 heterocycles. The van der Waals surface area contributed by atoms with Crippen LogP contribution in [0.15, 0.2) is 53.4 Å². The molecule has 3 rings (SSSR count). The Morgan fingerprint density at radius 3 is 2.61 bits per heavy atom. The van der Waals surface area contributed by atoms with Crippen LogP contribution in [0.5, 0.6) is 0 Å². The van der Waals surface area contributed by atoms with Crippen LogP contribution in [-0.4, -0.2) is 44.3 Å². The molecule has 1 N–H and O–H groups in total. The smallest absolute Gasteiger partial charge is 0.338 e. The summed E-state index contributed by atoms with van der Waals surface area (Å²) in [5.74, 6) is -1.11. The molecule has 166 valence electrons. The third-order valence-corrected chi connectivity index (χ3v) is 7.08. The molecule has 0 saturated carbocycles. The number of nitrogens with zero attached hydrogens (tertiary/aromatic N) is 1. The van der Waals surface area contributed by atoms with E-state index in [0.29, 0.717) is 26.1 Å². The van der Waals surface area contributed by atoms with Gasteiger partial charge in [0.2, 0.25) is 10.0 Å². The Bertz CT molecular complexity index is 1040. The maximum Gasteiger partial charge on any atom is 0.338 e. The highest BCUT2D eigenvalue weighted by Crippen LogP contribution is 2.25. The van der Waals surface area contributed by atoms with Crippen molar-refractivity contribution in [3.05, 3.63) is 65.2 Å². The predicted molar refractivity (Wildman–Crippen MR) is 117 cm³/mol. The van der Waals surface area contributed by atoms with Gasteiger partial charge in [-0.05, 0) is 42.2 Å². The molecule has 0 aliphatic carbocycles. The highest BCUT2D eigenvalue weighted by Gasteiger charge is 2.28. The molecule has 0 bridgehead atoms. The maximum absolute atomic E-state index is 13.1. The highest BCUT2D eigenvalue weighted by atomic mass is 32.2. The minimum absolute atomic E-state index is 0.0327. The van der Waals surface area contributed by atoms with Gasteiger partial charge in [0.1, 0.15) is 0 Å². The van der Waals surface area contributed by atoms with Gasteiger partial charge in [0.05, 0.1) is 10.5 Å². The van der Waals surface area contributed by atoms with E-state index in [1.807, 2.05) is 24.3 Å². The van der Waals surface area contributed by atoms with Gasteiger partial charge in [0.15, 0.2) is 6.61 Å². The summed E-state index contributed by atoms with van der Waals surface area (Å²) in [4.78, 5) is 24.2. The van der Waals surface area contributed by atoms with Crippen LogP contribution in [-0.2, 0) is 32.5 Å². The van der Waals surface area contributed by atoms with Crippen LogP contribution < -0.4 is 5.32 Å². The molecule has 7 nitrogen and oxygen atoms in total.